The Kier molecular flexibility index (Phi) is 5.59. The normalized spacial score (nSPS) is 12.2. The first kappa shape index (κ1) is 13.8. The van der Waals surface area contributed by atoms with Gasteiger partial charge in [-0.05, 0) is 24.1 Å². The van der Waals surface area contributed by atoms with Crippen LogP contribution in [0.1, 0.15) is 17.3 Å². The van der Waals surface area contributed by atoms with Gasteiger partial charge in [-0.2, -0.15) is 0 Å². The molecule has 0 fully saturated rings. The minimum Gasteiger partial charge on any atom is -0.352 e. The molecule has 0 aliphatic rings. The first-order chi connectivity index (χ1) is 7.54. The van der Waals surface area contributed by atoms with E-state index in [-0.39, 0.29) is 11.8 Å². The standard InChI is InChI=1S/C11H12BrCl2NO/c1-7(5-13)6-15-11(16)9-4-8(12)2-3-10(9)14/h2-4,7H,5-6H2,1H3,(H,15,16). The number of hydrogen-bond donors (Lipinski definition) is 1. The van der Waals surface area contributed by atoms with Gasteiger partial charge in [0.1, 0.15) is 0 Å². The van der Waals surface area contributed by atoms with E-state index in [1.165, 1.54) is 0 Å². The van der Waals surface area contributed by atoms with Crippen LogP contribution in [0.15, 0.2) is 22.7 Å². The van der Waals surface area contributed by atoms with Gasteiger partial charge < -0.3 is 5.32 Å². The molecule has 1 atom stereocenters. The predicted molar refractivity (Wildman–Crippen MR) is 71.4 cm³/mol. The molecule has 1 N–H and O–H groups in total. The fourth-order valence-electron chi connectivity index (χ4n) is 1.09. The Balaban J connectivity index is 2.69. The highest BCUT2D eigenvalue weighted by Crippen LogP contribution is 2.20. The van der Waals surface area contributed by atoms with Crippen molar-refractivity contribution in [3.05, 3.63) is 33.3 Å². The molecular weight excluding hydrogens is 313 g/mol. The zero-order valence-corrected chi connectivity index (χ0v) is 11.9. The molecule has 2 nitrogen and oxygen atoms in total. The quantitative estimate of drug-likeness (QED) is 0.840. The van der Waals surface area contributed by atoms with Gasteiger partial charge >= 0.3 is 0 Å². The van der Waals surface area contributed by atoms with E-state index < -0.39 is 0 Å². The highest BCUT2D eigenvalue weighted by Gasteiger charge is 2.11. The largest absolute Gasteiger partial charge is 0.352 e. The van der Waals surface area contributed by atoms with Crippen LogP contribution in [0.4, 0.5) is 0 Å². The molecule has 0 aliphatic carbocycles. The number of alkyl halides is 1. The summed E-state index contributed by atoms with van der Waals surface area (Å²) in [6.45, 7) is 2.51. The number of nitrogens with one attached hydrogen (secondary N) is 1. The van der Waals surface area contributed by atoms with E-state index in [0.717, 1.165) is 4.47 Å². The van der Waals surface area contributed by atoms with Crippen LogP contribution in [-0.4, -0.2) is 18.3 Å². The van der Waals surface area contributed by atoms with Crippen LogP contribution in [0, 0.1) is 5.92 Å². The Morgan fingerprint density at radius 3 is 2.88 bits per heavy atom. The molecule has 1 unspecified atom stereocenters. The molecule has 0 bridgehead atoms. The van der Waals surface area contributed by atoms with Crippen molar-refractivity contribution in [2.45, 2.75) is 6.92 Å². The highest BCUT2D eigenvalue weighted by atomic mass is 79.9. The van der Waals surface area contributed by atoms with E-state index in [1.54, 1.807) is 18.2 Å². The SMILES string of the molecule is CC(CCl)CNC(=O)c1cc(Br)ccc1Cl. The first-order valence-corrected chi connectivity index (χ1v) is 6.54. The molecule has 0 saturated carbocycles. The Morgan fingerprint density at radius 1 is 1.56 bits per heavy atom. The third kappa shape index (κ3) is 3.96. The fourth-order valence-corrected chi connectivity index (χ4v) is 1.76. The van der Waals surface area contributed by atoms with Gasteiger partial charge in [0.25, 0.3) is 5.91 Å². The number of rotatable bonds is 4. The third-order valence-electron chi connectivity index (χ3n) is 2.05. The predicted octanol–water partition coefficient (Wildman–Crippen LogP) is 3.71. The Bertz CT molecular complexity index is 384. The maximum Gasteiger partial charge on any atom is 0.252 e. The minimum absolute atomic E-state index is 0.178. The first-order valence-electron chi connectivity index (χ1n) is 4.83. The van der Waals surface area contributed by atoms with Crippen LogP contribution >= 0.6 is 39.1 Å². The van der Waals surface area contributed by atoms with E-state index in [9.17, 15) is 4.79 Å². The maximum absolute atomic E-state index is 11.8. The van der Waals surface area contributed by atoms with Crippen molar-refractivity contribution in [2.75, 3.05) is 12.4 Å². The lowest BCUT2D eigenvalue weighted by Crippen LogP contribution is -2.29. The summed E-state index contributed by atoms with van der Waals surface area (Å²) in [4.78, 5) is 11.8. The van der Waals surface area contributed by atoms with Crippen molar-refractivity contribution in [1.29, 1.82) is 0 Å². The van der Waals surface area contributed by atoms with Crippen molar-refractivity contribution in [2.24, 2.45) is 5.92 Å². The molecule has 1 rings (SSSR count). The molecular formula is C11H12BrCl2NO. The molecule has 88 valence electrons. The molecule has 0 saturated heterocycles. The number of carbonyl (C=O) groups is 1. The molecule has 0 heterocycles. The highest BCUT2D eigenvalue weighted by molar-refractivity contribution is 9.10. The lowest BCUT2D eigenvalue weighted by molar-refractivity contribution is 0.0949. The van der Waals surface area contributed by atoms with Crippen LogP contribution in [0.25, 0.3) is 0 Å². The number of amides is 1. The molecule has 0 aliphatic heterocycles. The van der Waals surface area contributed by atoms with Gasteiger partial charge in [0.2, 0.25) is 0 Å². The summed E-state index contributed by atoms with van der Waals surface area (Å²) in [5, 5.41) is 3.23. The molecule has 1 aromatic carbocycles. The van der Waals surface area contributed by atoms with Gasteiger partial charge in [0.15, 0.2) is 0 Å². The molecule has 0 aromatic heterocycles. The van der Waals surface area contributed by atoms with Gasteiger partial charge in [-0.15, -0.1) is 11.6 Å². The van der Waals surface area contributed by atoms with Gasteiger partial charge in [0.05, 0.1) is 10.6 Å². The van der Waals surface area contributed by atoms with Crippen molar-refractivity contribution >= 4 is 45.0 Å². The molecule has 0 radical (unpaired) electrons. The van der Waals surface area contributed by atoms with E-state index in [2.05, 4.69) is 21.2 Å². The van der Waals surface area contributed by atoms with Crippen molar-refractivity contribution < 1.29 is 4.79 Å². The smallest absolute Gasteiger partial charge is 0.252 e. The topological polar surface area (TPSA) is 29.1 Å². The van der Waals surface area contributed by atoms with Gasteiger partial charge in [-0.1, -0.05) is 34.5 Å². The molecule has 1 aromatic rings. The second-order valence-electron chi connectivity index (χ2n) is 3.59. The van der Waals surface area contributed by atoms with Crippen molar-refractivity contribution in [3.63, 3.8) is 0 Å². The third-order valence-corrected chi connectivity index (χ3v) is 3.40. The Hall–Kier alpha value is -0.250. The van der Waals surface area contributed by atoms with Gasteiger partial charge in [0, 0.05) is 16.9 Å². The van der Waals surface area contributed by atoms with E-state index >= 15 is 0 Å². The minimum atomic E-state index is -0.178. The average molecular weight is 325 g/mol. The number of benzene rings is 1. The summed E-state index contributed by atoms with van der Waals surface area (Å²) < 4.78 is 0.826. The van der Waals surface area contributed by atoms with E-state index in [4.69, 9.17) is 23.2 Å². The summed E-state index contributed by atoms with van der Waals surface area (Å²) >= 11 is 14.9. The summed E-state index contributed by atoms with van der Waals surface area (Å²) in [6.07, 6.45) is 0. The van der Waals surface area contributed by atoms with Crippen LogP contribution in [0.3, 0.4) is 0 Å². The van der Waals surface area contributed by atoms with Gasteiger partial charge in [-0.25, -0.2) is 0 Å². The van der Waals surface area contributed by atoms with E-state index in [1.807, 2.05) is 6.92 Å². The second-order valence-corrected chi connectivity index (χ2v) is 5.23. The summed E-state index contributed by atoms with van der Waals surface area (Å²) in [5.41, 5.74) is 0.470. The Morgan fingerprint density at radius 2 is 2.25 bits per heavy atom. The molecule has 0 spiro atoms. The second kappa shape index (κ2) is 6.48. The van der Waals surface area contributed by atoms with Crippen LogP contribution in [-0.2, 0) is 0 Å². The zero-order chi connectivity index (χ0) is 12.1. The molecule has 1 amide bonds. The van der Waals surface area contributed by atoms with Crippen molar-refractivity contribution in [1.82, 2.24) is 5.32 Å². The number of halogens is 3. The van der Waals surface area contributed by atoms with Crippen molar-refractivity contribution in [3.8, 4) is 0 Å². The molecule has 5 heteroatoms. The summed E-state index contributed by atoms with van der Waals surface area (Å²) in [6, 6.07) is 5.18. The van der Waals surface area contributed by atoms with Gasteiger partial charge in [-0.3, -0.25) is 4.79 Å². The molecule has 16 heavy (non-hydrogen) atoms. The Labute approximate surface area is 113 Å². The zero-order valence-electron chi connectivity index (χ0n) is 8.77. The lowest BCUT2D eigenvalue weighted by atomic mass is 10.2. The average Bonchev–Trinajstić information content (AvgIpc) is 2.28. The van der Waals surface area contributed by atoms with E-state index in [0.29, 0.717) is 23.0 Å². The maximum atomic E-state index is 11.8. The summed E-state index contributed by atoms with van der Waals surface area (Å²) in [7, 11) is 0. The van der Waals surface area contributed by atoms with Crippen LogP contribution in [0.2, 0.25) is 5.02 Å². The number of carbonyl (C=O) groups excluding carboxylic acids is 1. The lowest BCUT2D eigenvalue weighted by Gasteiger charge is -2.10. The van der Waals surface area contributed by atoms with Crippen LogP contribution in [0.5, 0.6) is 0 Å². The van der Waals surface area contributed by atoms with Crippen LogP contribution < -0.4 is 5.32 Å². The fraction of sp³-hybridized carbons (Fsp3) is 0.364. The monoisotopic (exact) mass is 323 g/mol. The summed E-state index contributed by atoms with van der Waals surface area (Å²) in [5.74, 6) is 0.590. The number of hydrogen-bond acceptors (Lipinski definition) is 1.